The third-order valence-corrected chi connectivity index (χ3v) is 4.35. The summed E-state index contributed by atoms with van der Waals surface area (Å²) in [6, 6.07) is 0. The normalized spacial score (nSPS) is 38.6. The quantitative estimate of drug-likeness (QED) is 0.758. The molecule has 0 aromatic rings. The van der Waals surface area contributed by atoms with Crippen LogP contribution >= 0.6 is 0 Å². The average molecular weight is 211 g/mol. The van der Waals surface area contributed by atoms with Crippen LogP contribution in [0.4, 0.5) is 0 Å². The molecular formula is C13H25NO. The van der Waals surface area contributed by atoms with Crippen LogP contribution in [0.3, 0.4) is 0 Å². The van der Waals surface area contributed by atoms with Gasteiger partial charge < -0.3 is 10.1 Å². The lowest BCUT2D eigenvalue weighted by molar-refractivity contribution is 0.00691. The molecule has 0 amide bonds. The molecule has 88 valence electrons. The van der Waals surface area contributed by atoms with Crippen LogP contribution in [0, 0.1) is 5.92 Å². The van der Waals surface area contributed by atoms with Crippen molar-refractivity contribution >= 4 is 0 Å². The zero-order valence-corrected chi connectivity index (χ0v) is 10.1. The van der Waals surface area contributed by atoms with E-state index in [0.29, 0.717) is 5.54 Å². The predicted molar refractivity (Wildman–Crippen MR) is 63.0 cm³/mol. The van der Waals surface area contributed by atoms with Gasteiger partial charge in [-0.2, -0.15) is 0 Å². The molecule has 2 nitrogen and oxygen atoms in total. The van der Waals surface area contributed by atoms with Crippen molar-refractivity contribution in [3.05, 3.63) is 0 Å². The number of hydrogen-bond acceptors (Lipinski definition) is 2. The first-order valence-corrected chi connectivity index (χ1v) is 6.70. The second-order valence-corrected chi connectivity index (χ2v) is 5.16. The molecule has 15 heavy (non-hydrogen) atoms. The monoisotopic (exact) mass is 211 g/mol. The van der Waals surface area contributed by atoms with Crippen LogP contribution in [0.25, 0.3) is 0 Å². The zero-order valence-electron chi connectivity index (χ0n) is 10.1. The lowest BCUT2D eigenvalue weighted by atomic mass is 9.75. The fourth-order valence-corrected chi connectivity index (χ4v) is 3.28. The van der Waals surface area contributed by atoms with Gasteiger partial charge in [0.05, 0.1) is 6.61 Å². The van der Waals surface area contributed by atoms with E-state index in [9.17, 15) is 0 Å². The second kappa shape index (κ2) is 5.31. The van der Waals surface area contributed by atoms with E-state index in [1.165, 1.54) is 51.5 Å². The van der Waals surface area contributed by atoms with E-state index in [0.717, 1.165) is 19.1 Å². The van der Waals surface area contributed by atoms with Gasteiger partial charge in [0, 0.05) is 18.1 Å². The highest BCUT2D eigenvalue weighted by Crippen LogP contribution is 2.34. The minimum Gasteiger partial charge on any atom is -0.381 e. The van der Waals surface area contributed by atoms with Crippen molar-refractivity contribution in [2.24, 2.45) is 5.92 Å². The molecule has 0 aromatic carbocycles. The lowest BCUT2D eigenvalue weighted by Crippen LogP contribution is -2.52. The van der Waals surface area contributed by atoms with Gasteiger partial charge in [0.1, 0.15) is 0 Å². The molecule has 2 rings (SSSR count). The molecule has 0 aromatic heterocycles. The standard InChI is InChI=1S/C13H25NO/c1-2-13(8-4-3-5-9-14-13)12-7-6-10-15-11-12/h12,14H,2-11H2,1H3. The molecule has 2 unspecified atom stereocenters. The van der Waals surface area contributed by atoms with E-state index in [4.69, 9.17) is 4.74 Å². The highest BCUT2D eigenvalue weighted by atomic mass is 16.5. The van der Waals surface area contributed by atoms with E-state index < -0.39 is 0 Å². The van der Waals surface area contributed by atoms with Crippen molar-refractivity contribution in [3.8, 4) is 0 Å². The van der Waals surface area contributed by atoms with Gasteiger partial charge in [-0.25, -0.2) is 0 Å². The van der Waals surface area contributed by atoms with Crippen molar-refractivity contribution in [3.63, 3.8) is 0 Å². The fourth-order valence-electron chi connectivity index (χ4n) is 3.28. The molecule has 2 heteroatoms. The first kappa shape index (κ1) is 11.4. The van der Waals surface area contributed by atoms with Gasteiger partial charge in [0.15, 0.2) is 0 Å². The molecule has 2 aliphatic rings. The average Bonchev–Trinajstić information content (AvgIpc) is 2.56. The summed E-state index contributed by atoms with van der Waals surface area (Å²) in [4.78, 5) is 0. The molecule has 2 aliphatic heterocycles. The van der Waals surface area contributed by atoms with Crippen molar-refractivity contribution in [1.29, 1.82) is 0 Å². The minimum atomic E-state index is 0.400. The van der Waals surface area contributed by atoms with Gasteiger partial charge in [-0.3, -0.25) is 0 Å². The first-order chi connectivity index (χ1) is 7.37. The third kappa shape index (κ3) is 2.54. The molecule has 0 aliphatic carbocycles. The molecule has 0 bridgehead atoms. The highest BCUT2D eigenvalue weighted by molar-refractivity contribution is 4.95. The fraction of sp³-hybridized carbons (Fsp3) is 1.00. The lowest BCUT2D eigenvalue weighted by Gasteiger charge is -2.42. The minimum absolute atomic E-state index is 0.400. The number of ether oxygens (including phenoxy) is 1. The Kier molecular flexibility index (Phi) is 4.04. The van der Waals surface area contributed by atoms with Crippen LogP contribution in [-0.4, -0.2) is 25.3 Å². The van der Waals surface area contributed by atoms with Crippen LogP contribution < -0.4 is 5.32 Å². The highest BCUT2D eigenvalue weighted by Gasteiger charge is 2.37. The van der Waals surface area contributed by atoms with Gasteiger partial charge in [-0.15, -0.1) is 0 Å². The number of nitrogens with one attached hydrogen (secondary N) is 1. The molecule has 0 saturated carbocycles. The van der Waals surface area contributed by atoms with Gasteiger partial charge in [-0.05, 0) is 38.6 Å². The Morgan fingerprint density at radius 3 is 2.93 bits per heavy atom. The van der Waals surface area contributed by atoms with Crippen LogP contribution in [-0.2, 0) is 4.74 Å². The summed E-state index contributed by atoms with van der Waals surface area (Å²) < 4.78 is 5.66. The van der Waals surface area contributed by atoms with E-state index in [-0.39, 0.29) is 0 Å². The maximum atomic E-state index is 5.66. The largest absolute Gasteiger partial charge is 0.381 e. The Balaban J connectivity index is 2.03. The Hall–Kier alpha value is -0.0800. The van der Waals surface area contributed by atoms with Crippen LogP contribution in [0.5, 0.6) is 0 Å². The Labute approximate surface area is 93.8 Å². The topological polar surface area (TPSA) is 21.3 Å². The van der Waals surface area contributed by atoms with Crippen molar-refractivity contribution in [2.75, 3.05) is 19.8 Å². The summed E-state index contributed by atoms with van der Waals surface area (Å²) >= 11 is 0. The maximum Gasteiger partial charge on any atom is 0.0511 e. The summed E-state index contributed by atoms with van der Waals surface area (Å²) in [6.07, 6.45) is 9.41. The van der Waals surface area contributed by atoms with Crippen molar-refractivity contribution < 1.29 is 4.74 Å². The van der Waals surface area contributed by atoms with Gasteiger partial charge in [0.25, 0.3) is 0 Å². The smallest absolute Gasteiger partial charge is 0.0511 e. The van der Waals surface area contributed by atoms with E-state index in [2.05, 4.69) is 12.2 Å². The van der Waals surface area contributed by atoms with Crippen LogP contribution in [0.2, 0.25) is 0 Å². The maximum absolute atomic E-state index is 5.66. The third-order valence-electron chi connectivity index (χ3n) is 4.35. The Morgan fingerprint density at radius 1 is 1.27 bits per heavy atom. The van der Waals surface area contributed by atoms with E-state index in [1.54, 1.807) is 0 Å². The van der Waals surface area contributed by atoms with Gasteiger partial charge in [0.2, 0.25) is 0 Å². The first-order valence-electron chi connectivity index (χ1n) is 6.70. The summed E-state index contributed by atoms with van der Waals surface area (Å²) in [5.41, 5.74) is 0.400. The molecule has 2 heterocycles. The zero-order chi connectivity index (χ0) is 10.6. The van der Waals surface area contributed by atoms with Crippen molar-refractivity contribution in [2.45, 2.75) is 57.4 Å². The Bertz CT molecular complexity index is 179. The summed E-state index contributed by atoms with van der Waals surface area (Å²) in [5.74, 6) is 0.759. The molecule has 2 saturated heterocycles. The second-order valence-electron chi connectivity index (χ2n) is 5.16. The summed E-state index contributed by atoms with van der Waals surface area (Å²) in [5, 5.41) is 3.83. The molecule has 1 N–H and O–H groups in total. The predicted octanol–water partition coefficient (Wildman–Crippen LogP) is 2.73. The SMILES string of the molecule is CCC1(C2CCCOC2)CCCCCN1. The molecular weight excluding hydrogens is 186 g/mol. The van der Waals surface area contributed by atoms with Gasteiger partial charge in [-0.1, -0.05) is 19.8 Å². The molecule has 0 spiro atoms. The van der Waals surface area contributed by atoms with E-state index >= 15 is 0 Å². The number of hydrogen-bond donors (Lipinski definition) is 1. The molecule has 2 fully saturated rings. The van der Waals surface area contributed by atoms with Crippen LogP contribution in [0.1, 0.15) is 51.9 Å². The van der Waals surface area contributed by atoms with Gasteiger partial charge >= 0.3 is 0 Å². The van der Waals surface area contributed by atoms with E-state index in [1.807, 2.05) is 0 Å². The molecule has 2 atom stereocenters. The molecule has 0 radical (unpaired) electrons. The summed E-state index contributed by atoms with van der Waals surface area (Å²) in [7, 11) is 0. The summed E-state index contributed by atoms with van der Waals surface area (Å²) in [6.45, 7) is 5.52. The Morgan fingerprint density at radius 2 is 2.20 bits per heavy atom. The van der Waals surface area contributed by atoms with Crippen molar-refractivity contribution in [1.82, 2.24) is 5.32 Å². The van der Waals surface area contributed by atoms with Crippen LogP contribution in [0.15, 0.2) is 0 Å². The number of rotatable bonds is 2.